The lowest BCUT2D eigenvalue weighted by atomic mass is 10.3. The number of carbonyl (C=O) groups is 2. The zero-order valence-electron chi connectivity index (χ0n) is 8.44. The topological polar surface area (TPSA) is 46.6 Å². The van der Waals surface area contributed by atoms with E-state index >= 15 is 0 Å². The van der Waals surface area contributed by atoms with Crippen molar-refractivity contribution in [2.75, 3.05) is 19.6 Å². The first-order chi connectivity index (χ1) is 7.63. The number of rotatable bonds is 3. The average molecular weight is 260 g/mol. The number of ether oxygens (including phenoxy) is 1. The van der Waals surface area contributed by atoms with Gasteiger partial charge in [0.05, 0.1) is 17.4 Å². The van der Waals surface area contributed by atoms with E-state index in [1.165, 1.54) is 11.3 Å². The predicted octanol–water partition coefficient (Wildman–Crippen LogP) is 1.33. The molecule has 2 rings (SSSR count). The second kappa shape index (κ2) is 4.95. The van der Waals surface area contributed by atoms with Gasteiger partial charge in [-0.05, 0) is 18.6 Å². The Morgan fingerprint density at radius 2 is 2.00 bits per heavy atom. The largest absolute Gasteiger partial charge is 0.391 e. The van der Waals surface area contributed by atoms with E-state index in [9.17, 15) is 9.59 Å². The van der Waals surface area contributed by atoms with Crippen LogP contribution in [0.25, 0.3) is 0 Å². The monoisotopic (exact) mass is 259 g/mol. The van der Waals surface area contributed by atoms with Crippen molar-refractivity contribution in [1.29, 1.82) is 0 Å². The maximum Gasteiger partial charge on any atom is 0.327 e. The van der Waals surface area contributed by atoms with E-state index in [1.807, 2.05) is 12.1 Å². The van der Waals surface area contributed by atoms with Crippen LogP contribution in [0.3, 0.4) is 0 Å². The van der Waals surface area contributed by atoms with Gasteiger partial charge in [-0.15, -0.1) is 11.3 Å². The van der Waals surface area contributed by atoms with Gasteiger partial charge in [-0.3, -0.25) is 14.5 Å². The molecule has 6 heteroatoms. The van der Waals surface area contributed by atoms with Crippen LogP contribution in [-0.4, -0.2) is 36.5 Å². The van der Waals surface area contributed by atoms with Crippen molar-refractivity contribution in [2.24, 2.45) is 0 Å². The highest BCUT2D eigenvalue weighted by Gasteiger charge is 2.24. The van der Waals surface area contributed by atoms with Gasteiger partial charge in [0.2, 0.25) is 0 Å². The quantitative estimate of drug-likeness (QED) is 0.607. The minimum atomic E-state index is -0.472. The lowest BCUT2D eigenvalue weighted by molar-refractivity contribution is -0.166. The zero-order valence-corrected chi connectivity index (χ0v) is 10.0. The van der Waals surface area contributed by atoms with Gasteiger partial charge in [-0.25, -0.2) is 0 Å². The summed E-state index contributed by atoms with van der Waals surface area (Å²) in [5.74, 6) is -0.944. The number of cyclic esters (lactones) is 2. The van der Waals surface area contributed by atoms with Gasteiger partial charge in [0, 0.05) is 11.4 Å². The molecule has 1 aliphatic heterocycles. The minimum Gasteiger partial charge on any atom is -0.391 e. The van der Waals surface area contributed by atoms with E-state index in [4.69, 9.17) is 11.6 Å². The molecule has 0 amide bonds. The van der Waals surface area contributed by atoms with Crippen molar-refractivity contribution in [3.8, 4) is 0 Å². The summed E-state index contributed by atoms with van der Waals surface area (Å²) < 4.78 is 5.19. The molecule has 0 aromatic carbocycles. The third-order valence-corrected chi connectivity index (χ3v) is 3.53. The number of hydrogen-bond donors (Lipinski definition) is 0. The van der Waals surface area contributed by atoms with Crippen LogP contribution in [0.15, 0.2) is 12.1 Å². The van der Waals surface area contributed by atoms with Crippen molar-refractivity contribution in [3.63, 3.8) is 0 Å². The maximum atomic E-state index is 11.0. The number of nitrogens with zero attached hydrogens (tertiary/aromatic N) is 1. The Hall–Kier alpha value is -0.910. The van der Waals surface area contributed by atoms with Crippen LogP contribution in [0.4, 0.5) is 0 Å². The van der Waals surface area contributed by atoms with Crippen LogP contribution in [0.5, 0.6) is 0 Å². The van der Waals surface area contributed by atoms with Gasteiger partial charge in [-0.2, -0.15) is 0 Å². The minimum absolute atomic E-state index is 0.185. The molecular weight excluding hydrogens is 250 g/mol. The van der Waals surface area contributed by atoms with E-state index in [0.717, 1.165) is 15.6 Å². The van der Waals surface area contributed by atoms with Crippen LogP contribution < -0.4 is 0 Å². The molecular formula is C10H10ClNO3S. The lowest BCUT2D eigenvalue weighted by Crippen LogP contribution is -2.43. The van der Waals surface area contributed by atoms with Crippen LogP contribution in [0, 0.1) is 0 Å². The lowest BCUT2D eigenvalue weighted by Gasteiger charge is -2.23. The van der Waals surface area contributed by atoms with Gasteiger partial charge in [0.1, 0.15) is 0 Å². The molecule has 0 bridgehead atoms. The highest BCUT2D eigenvalue weighted by molar-refractivity contribution is 7.16. The summed E-state index contributed by atoms with van der Waals surface area (Å²) in [6, 6.07) is 3.80. The summed E-state index contributed by atoms with van der Waals surface area (Å²) >= 11 is 7.32. The summed E-state index contributed by atoms with van der Waals surface area (Å²) in [7, 11) is 0. The first-order valence-electron chi connectivity index (χ1n) is 4.83. The highest BCUT2D eigenvalue weighted by atomic mass is 35.5. The number of thiophene rings is 1. The van der Waals surface area contributed by atoms with Crippen molar-refractivity contribution in [1.82, 2.24) is 4.90 Å². The normalized spacial score (nSPS) is 17.6. The standard InChI is InChI=1S/C10H10ClNO3S/c11-8-2-1-7(16-8)3-4-12-5-9(13)15-10(14)6-12/h1-2H,3-6H2. The second-order valence-electron chi connectivity index (χ2n) is 3.51. The fourth-order valence-corrected chi connectivity index (χ4v) is 2.60. The summed E-state index contributed by atoms with van der Waals surface area (Å²) in [4.78, 5) is 24.9. The Morgan fingerprint density at radius 1 is 1.31 bits per heavy atom. The molecule has 4 nitrogen and oxygen atoms in total. The molecule has 86 valence electrons. The summed E-state index contributed by atoms with van der Waals surface area (Å²) in [6.45, 7) is 1.04. The molecule has 0 aliphatic carbocycles. The summed E-state index contributed by atoms with van der Waals surface area (Å²) in [5.41, 5.74) is 0. The van der Waals surface area contributed by atoms with E-state index in [-0.39, 0.29) is 13.1 Å². The highest BCUT2D eigenvalue weighted by Crippen LogP contribution is 2.21. The Labute approximate surface area is 102 Å². The Bertz CT molecular complexity index is 402. The van der Waals surface area contributed by atoms with E-state index in [0.29, 0.717) is 6.54 Å². The molecule has 1 aliphatic rings. The van der Waals surface area contributed by atoms with Crippen LogP contribution >= 0.6 is 22.9 Å². The Morgan fingerprint density at radius 3 is 2.56 bits per heavy atom. The van der Waals surface area contributed by atoms with Gasteiger partial charge >= 0.3 is 11.9 Å². The number of carbonyl (C=O) groups excluding carboxylic acids is 2. The number of hydrogen-bond acceptors (Lipinski definition) is 5. The molecule has 0 spiro atoms. The third kappa shape index (κ3) is 3.04. The molecule has 16 heavy (non-hydrogen) atoms. The Balaban J connectivity index is 1.85. The molecule has 1 saturated heterocycles. The van der Waals surface area contributed by atoms with Crippen LogP contribution in [-0.2, 0) is 20.7 Å². The molecule has 0 radical (unpaired) electrons. The van der Waals surface area contributed by atoms with Crippen molar-refractivity contribution in [2.45, 2.75) is 6.42 Å². The molecule has 0 unspecified atom stereocenters. The van der Waals surface area contributed by atoms with Gasteiger partial charge in [0.25, 0.3) is 0 Å². The van der Waals surface area contributed by atoms with Crippen LogP contribution in [0.2, 0.25) is 4.34 Å². The summed E-state index contributed by atoms with van der Waals surface area (Å²) in [5, 5.41) is 0. The molecule has 2 heterocycles. The number of halogens is 1. The van der Waals surface area contributed by atoms with E-state index in [1.54, 1.807) is 4.90 Å². The Kier molecular flexibility index (Phi) is 3.58. The van der Waals surface area contributed by atoms with Crippen molar-refractivity contribution >= 4 is 34.9 Å². The van der Waals surface area contributed by atoms with Crippen LogP contribution in [0.1, 0.15) is 4.88 Å². The van der Waals surface area contributed by atoms with Crippen molar-refractivity contribution in [3.05, 3.63) is 21.3 Å². The van der Waals surface area contributed by atoms with Crippen molar-refractivity contribution < 1.29 is 14.3 Å². The predicted molar refractivity (Wildman–Crippen MR) is 60.6 cm³/mol. The molecule has 1 aromatic heterocycles. The SMILES string of the molecule is O=C1CN(CCc2ccc(Cl)s2)CC(=O)O1. The van der Waals surface area contributed by atoms with E-state index in [2.05, 4.69) is 4.74 Å². The molecule has 0 N–H and O–H groups in total. The van der Waals surface area contributed by atoms with Gasteiger partial charge < -0.3 is 4.74 Å². The fraction of sp³-hybridized carbons (Fsp3) is 0.400. The maximum absolute atomic E-state index is 11.0. The number of esters is 2. The average Bonchev–Trinajstić information content (AvgIpc) is 2.60. The van der Waals surface area contributed by atoms with E-state index < -0.39 is 11.9 Å². The first-order valence-corrected chi connectivity index (χ1v) is 6.03. The fourth-order valence-electron chi connectivity index (χ4n) is 1.53. The first kappa shape index (κ1) is 11.6. The summed E-state index contributed by atoms with van der Waals surface area (Å²) in [6.07, 6.45) is 0.790. The second-order valence-corrected chi connectivity index (χ2v) is 5.31. The zero-order chi connectivity index (χ0) is 11.5. The smallest absolute Gasteiger partial charge is 0.327 e. The molecule has 1 aromatic rings. The molecule has 1 fully saturated rings. The third-order valence-electron chi connectivity index (χ3n) is 2.24. The number of morpholine rings is 1. The van der Waals surface area contributed by atoms with Gasteiger partial charge in [-0.1, -0.05) is 11.6 Å². The molecule has 0 saturated carbocycles. The molecule has 0 atom stereocenters. The van der Waals surface area contributed by atoms with Gasteiger partial charge in [0.15, 0.2) is 0 Å².